The quantitative estimate of drug-likeness (QED) is 0.632. The molecule has 134 valence electrons. The van der Waals surface area contributed by atoms with E-state index in [1.807, 2.05) is 49.5 Å². The van der Waals surface area contributed by atoms with Gasteiger partial charge >= 0.3 is 5.97 Å². The number of rotatable bonds is 5. The van der Waals surface area contributed by atoms with Crippen molar-refractivity contribution >= 4 is 16.9 Å². The van der Waals surface area contributed by atoms with Crippen molar-refractivity contribution in [2.75, 3.05) is 14.2 Å². The van der Waals surface area contributed by atoms with Gasteiger partial charge in [-0.1, -0.05) is 24.3 Å². The van der Waals surface area contributed by atoms with Gasteiger partial charge in [-0.05, 0) is 30.2 Å². The summed E-state index contributed by atoms with van der Waals surface area (Å²) >= 11 is 0. The van der Waals surface area contributed by atoms with Crippen molar-refractivity contribution in [2.45, 2.75) is 20.0 Å². The lowest BCUT2D eigenvalue weighted by Gasteiger charge is -2.13. The van der Waals surface area contributed by atoms with E-state index in [1.165, 1.54) is 6.92 Å². The molecule has 26 heavy (non-hydrogen) atoms. The summed E-state index contributed by atoms with van der Waals surface area (Å²) in [6, 6.07) is 13.8. The molecule has 0 aliphatic heterocycles. The van der Waals surface area contributed by atoms with Crippen LogP contribution in [0, 0.1) is 0 Å². The first-order valence-electron chi connectivity index (χ1n) is 8.31. The van der Waals surface area contributed by atoms with E-state index in [2.05, 4.69) is 11.1 Å². The Kier molecular flexibility index (Phi) is 5.07. The van der Waals surface area contributed by atoms with Crippen molar-refractivity contribution in [3.8, 4) is 22.6 Å². The molecule has 5 nitrogen and oxygen atoms in total. The molecule has 1 aromatic heterocycles. The highest BCUT2D eigenvalue weighted by Gasteiger charge is 2.10. The number of hydrogen-bond donors (Lipinski definition) is 0. The summed E-state index contributed by atoms with van der Waals surface area (Å²) in [5, 5.41) is 0.970. The smallest absolute Gasteiger partial charge is 0.303 e. The topological polar surface area (TPSA) is 57.7 Å². The van der Waals surface area contributed by atoms with Crippen LogP contribution in [0.5, 0.6) is 11.5 Å². The van der Waals surface area contributed by atoms with Crippen molar-refractivity contribution in [3.63, 3.8) is 0 Å². The van der Waals surface area contributed by atoms with Crippen LogP contribution in [-0.4, -0.2) is 25.2 Å². The number of hydrogen-bond acceptors (Lipinski definition) is 5. The van der Waals surface area contributed by atoms with Crippen LogP contribution in [0.1, 0.15) is 25.5 Å². The maximum absolute atomic E-state index is 11.1. The molecule has 0 bridgehead atoms. The number of fused-ring (bicyclic) bond motifs is 1. The molecule has 0 saturated heterocycles. The highest BCUT2D eigenvalue weighted by molar-refractivity contribution is 5.86. The number of aromatic nitrogens is 1. The van der Waals surface area contributed by atoms with E-state index < -0.39 is 0 Å². The van der Waals surface area contributed by atoms with Gasteiger partial charge in [0, 0.05) is 30.1 Å². The van der Waals surface area contributed by atoms with Gasteiger partial charge in [0.1, 0.15) is 6.10 Å². The van der Waals surface area contributed by atoms with Crippen molar-refractivity contribution < 1.29 is 19.0 Å². The predicted molar refractivity (Wildman–Crippen MR) is 100 cm³/mol. The first-order chi connectivity index (χ1) is 12.5. The Morgan fingerprint density at radius 3 is 2.23 bits per heavy atom. The lowest BCUT2D eigenvalue weighted by molar-refractivity contribution is -0.145. The van der Waals surface area contributed by atoms with Crippen LogP contribution in [-0.2, 0) is 9.53 Å². The summed E-state index contributed by atoms with van der Waals surface area (Å²) in [6.07, 6.45) is 1.56. The molecule has 0 amide bonds. The normalized spacial score (nSPS) is 11.8. The van der Waals surface area contributed by atoms with Crippen LogP contribution in [0.3, 0.4) is 0 Å². The monoisotopic (exact) mass is 351 g/mol. The molecular weight excluding hydrogens is 330 g/mol. The molecule has 0 radical (unpaired) electrons. The summed E-state index contributed by atoms with van der Waals surface area (Å²) in [5.41, 5.74) is 3.82. The standard InChI is InChI=1S/C21H21NO4/c1-13(26-14(2)23)15-5-7-16(8-6-15)18-9-17-10-20(24-3)21(25-4)11-19(17)22-12-18/h5-13H,1-4H3. The molecule has 3 rings (SSSR count). The second-order valence-electron chi connectivity index (χ2n) is 6.00. The average Bonchev–Trinajstić information content (AvgIpc) is 2.66. The first-order valence-corrected chi connectivity index (χ1v) is 8.31. The van der Waals surface area contributed by atoms with Crippen LogP contribution in [0.25, 0.3) is 22.0 Å². The van der Waals surface area contributed by atoms with Gasteiger partial charge in [0.15, 0.2) is 11.5 Å². The minimum Gasteiger partial charge on any atom is -0.493 e. The Labute approximate surface area is 152 Å². The van der Waals surface area contributed by atoms with Gasteiger partial charge < -0.3 is 14.2 Å². The third kappa shape index (κ3) is 3.61. The third-order valence-corrected chi connectivity index (χ3v) is 4.24. The predicted octanol–water partition coefficient (Wildman–Crippen LogP) is 4.54. The van der Waals surface area contributed by atoms with E-state index in [-0.39, 0.29) is 12.1 Å². The first kappa shape index (κ1) is 17.7. The molecule has 1 heterocycles. The molecule has 0 spiro atoms. The number of methoxy groups -OCH3 is 2. The Morgan fingerprint density at radius 1 is 0.962 bits per heavy atom. The summed E-state index contributed by atoms with van der Waals surface area (Å²) in [5.74, 6) is 1.04. The van der Waals surface area contributed by atoms with Crippen molar-refractivity contribution in [3.05, 3.63) is 54.2 Å². The fourth-order valence-corrected chi connectivity index (χ4v) is 2.88. The van der Waals surface area contributed by atoms with E-state index in [1.54, 1.807) is 14.2 Å². The lowest BCUT2D eigenvalue weighted by Crippen LogP contribution is -2.04. The summed E-state index contributed by atoms with van der Waals surface area (Å²) in [6.45, 7) is 3.27. The lowest BCUT2D eigenvalue weighted by atomic mass is 10.0. The maximum atomic E-state index is 11.1. The Balaban J connectivity index is 1.93. The largest absolute Gasteiger partial charge is 0.493 e. The summed E-state index contributed by atoms with van der Waals surface area (Å²) < 4.78 is 15.9. The van der Waals surface area contributed by atoms with E-state index >= 15 is 0 Å². The number of carbonyl (C=O) groups excluding carboxylic acids is 1. The van der Waals surface area contributed by atoms with Gasteiger partial charge in [0.2, 0.25) is 0 Å². The maximum Gasteiger partial charge on any atom is 0.303 e. The molecule has 1 unspecified atom stereocenters. The molecule has 0 aliphatic rings. The zero-order valence-electron chi connectivity index (χ0n) is 15.3. The van der Waals surface area contributed by atoms with Crippen LogP contribution in [0.2, 0.25) is 0 Å². The summed E-state index contributed by atoms with van der Waals surface area (Å²) in [4.78, 5) is 15.6. The van der Waals surface area contributed by atoms with Gasteiger partial charge in [-0.15, -0.1) is 0 Å². The minimum absolute atomic E-state index is 0.270. The number of nitrogens with zero attached hydrogens (tertiary/aromatic N) is 1. The number of carbonyl (C=O) groups is 1. The van der Waals surface area contributed by atoms with E-state index in [9.17, 15) is 4.79 Å². The van der Waals surface area contributed by atoms with E-state index in [0.717, 1.165) is 27.6 Å². The molecule has 3 aromatic rings. The van der Waals surface area contributed by atoms with Gasteiger partial charge in [-0.3, -0.25) is 9.78 Å². The van der Waals surface area contributed by atoms with Crippen molar-refractivity contribution in [1.29, 1.82) is 0 Å². The Hall–Kier alpha value is -3.08. The van der Waals surface area contributed by atoms with Gasteiger partial charge in [0.05, 0.1) is 19.7 Å². The molecule has 5 heteroatoms. The van der Waals surface area contributed by atoms with Crippen LogP contribution >= 0.6 is 0 Å². The molecule has 0 aliphatic carbocycles. The number of esters is 1. The van der Waals surface area contributed by atoms with E-state index in [4.69, 9.17) is 14.2 Å². The van der Waals surface area contributed by atoms with Crippen LogP contribution in [0.4, 0.5) is 0 Å². The molecule has 0 fully saturated rings. The van der Waals surface area contributed by atoms with E-state index in [0.29, 0.717) is 11.5 Å². The average molecular weight is 351 g/mol. The Morgan fingerprint density at radius 2 is 1.62 bits per heavy atom. The third-order valence-electron chi connectivity index (χ3n) is 4.24. The van der Waals surface area contributed by atoms with Gasteiger partial charge in [-0.2, -0.15) is 0 Å². The van der Waals surface area contributed by atoms with Crippen molar-refractivity contribution in [1.82, 2.24) is 4.98 Å². The fourth-order valence-electron chi connectivity index (χ4n) is 2.88. The molecule has 2 aromatic carbocycles. The fraction of sp³-hybridized carbons (Fsp3) is 0.238. The van der Waals surface area contributed by atoms with Crippen LogP contribution in [0.15, 0.2) is 48.7 Å². The van der Waals surface area contributed by atoms with Crippen LogP contribution < -0.4 is 9.47 Å². The molecule has 0 N–H and O–H groups in total. The van der Waals surface area contributed by atoms with Crippen molar-refractivity contribution in [2.24, 2.45) is 0 Å². The minimum atomic E-state index is -0.287. The van der Waals surface area contributed by atoms with Gasteiger partial charge in [0.25, 0.3) is 0 Å². The highest BCUT2D eigenvalue weighted by atomic mass is 16.5. The number of benzene rings is 2. The molecular formula is C21H21NO4. The summed E-state index contributed by atoms with van der Waals surface area (Å²) in [7, 11) is 3.22. The highest BCUT2D eigenvalue weighted by Crippen LogP contribution is 2.33. The molecule has 0 saturated carbocycles. The molecule has 1 atom stereocenters. The number of ether oxygens (including phenoxy) is 3. The zero-order chi connectivity index (χ0) is 18.7. The number of pyridine rings is 1. The SMILES string of the molecule is COc1cc2cc(-c3ccc(C(C)OC(C)=O)cc3)cnc2cc1OC. The van der Waals surface area contributed by atoms with Gasteiger partial charge in [-0.25, -0.2) is 0 Å². The second-order valence-corrected chi connectivity index (χ2v) is 6.00. The zero-order valence-corrected chi connectivity index (χ0v) is 15.3. The second kappa shape index (κ2) is 7.44. The Bertz CT molecular complexity index is 935.